The number of carbonyl (C=O) groups is 1. The van der Waals surface area contributed by atoms with E-state index in [1.165, 1.54) is 8.61 Å². The van der Waals surface area contributed by atoms with Gasteiger partial charge < -0.3 is 10.2 Å². The van der Waals surface area contributed by atoms with Crippen LogP contribution >= 0.6 is 0 Å². The molecule has 0 bridgehead atoms. The molecular formula is C13H24N2O5S. The molecule has 2 aliphatic rings. The number of rotatable bonds is 5. The molecule has 2 rings (SSSR count). The summed E-state index contributed by atoms with van der Waals surface area (Å²) in [6, 6.07) is -0.168. The second-order valence-electron chi connectivity index (χ2n) is 5.82. The maximum Gasteiger partial charge on any atom is 0.307 e. The number of carboxylic acid groups (broad SMARTS) is 1. The number of carboxylic acids is 1. The van der Waals surface area contributed by atoms with E-state index in [9.17, 15) is 13.2 Å². The monoisotopic (exact) mass is 320 g/mol. The van der Waals surface area contributed by atoms with E-state index >= 15 is 0 Å². The highest BCUT2D eigenvalue weighted by molar-refractivity contribution is 7.86. The van der Waals surface area contributed by atoms with Gasteiger partial charge in [-0.25, -0.2) is 0 Å². The molecule has 0 amide bonds. The molecule has 122 valence electrons. The van der Waals surface area contributed by atoms with Gasteiger partial charge in [0.1, 0.15) is 0 Å². The topological polar surface area (TPSA) is 98.2 Å². The Labute approximate surface area is 125 Å². The van der Waals surface area contributed by atoms with Gasteiger partial charge in [0, 0.05) is 32.3 Å². The number of hydrogen-bond acceptors (Lipinski definition) is 4. The molecule has 2 N–H and O–H groups in total. The van der Waals surface area contributed by atoms with Crippen molar-refractivity contribution in [3.63, 3.8) is 0 Å². The second kappa shape index (κ2) is 7.04. The normalized spacial score (nSPS) is 29.4. The smallest absolute Gasteiger partial charge is 0.307 e. The van der Waals surface area contributed by atoms with E-state index in [0.29, 0.717) is 32.4 Å². The van der Waals surface area contributed by atoms with Crippen LogP contribution in [0.2, 0.25) is 0 Å². The molecule has 0 aromatic rings. The predicted molar refractivity (Wildman–Crippen MR) is 76.9 cm³/mol. The molecule has 2 unspecified atom stereocenters. The summed E-state index contributed by atoms with van der Waals surface area (Å²) in [5.74, 6) is -1.55. The number of aliphatic hydroxyl groups excluding tert-OH is 1. The lowest BCUT2D eigenvalue weighted by Crippen LogP contribution is -2.53. The minimum atomic E-state index is -3.63. The third kappa shape index (κ3) is 3.74. The number of aliphatic hydroxyl groups is 1. The van der Waals surface area contributed by atoms with Crippen LogP contribution in [0.4, 0.5) is 0 Å². The minimum Gasteiger partial charge on any atom is -0.481 e. The molecule has 0 aromatic heterocycles. The fourth-order valence-electron chi connectivity index (χ4n) is 3.22. The van der Waals surface area contributed by atoms with Crippen LogP contribution in [0.3, 0.4) is 0 Å². The molecule has 0 spiro atoms. The lowest BCUT2D eigenvalue weighted by molar-refractivity contribution is -0.142. The van der Waals surface area contributed by atoms with Crippen LogP contribution in [0.5, 0.6) is 0 Å². The van der Waals surface area contributed by atoms with Crippen LogP contribution in [-0.2, 0) is 15.0 Å². The van der Waals surface area contributed by atoms with Gasteiger partial charge in [-0.1, -0.05) is 6.42 Å². The van der Waals surface area contributed by atoms with Gasteiger partial charge in [-0.15, -0.1) is 0 Å². The van der Waals surface area contributed by atoms with E-state index < -0.39 is 22.1 Å². The molecule has 21 heavy (non-hydrogen) atoms. The number of hydrogen-bond donors (Lipinski definition) is 2. The summed E-state index contributed by atoms with van der Waals surface area (Å²) in [7, 11) is -3.63. The van der Waals surface area contributed by atoms with E-state index in [0.717, 1.165) is 19.3 Å². The molecule has 7 nitrogen and oxygen atoms in total. The van der Waals surface area contributed by atoms with Gasteiger partial charge in [0.25, 0.3) is 10.2 Å². The van der Waals surface area contributed by atoms with E-state index in [4.69, 9.17) is 10.2 Å². The van der Waals surface area contributed by atoms with Crippen LogP contribution in [0.25, 0.3) is 0 Å². The van der Waals surface area contributed by atoms with E-state index in [-0.39, 0.29) is 19.2 Å². The summed E-state index contributed by atoms with van der Waals surface area (Å²) in [6.45, 7) is 0.865. The number of aliphatic carboxylic acids is 1. The maximum atomic E-state index is 12.8. The van der Waals surface area contributed by atoms with Gasteiger partial charge in [-0.05, 0) is 32.1 Å². The average Bonchev–Trinajstić information content (AvgIpc) is 2.48. The molecule has 0 aromatic carbocycles. The van der Waals surface area contributed by atoms with Crippen molar-refractivity contribution in [2.24, 2.45) is 5.92 Å². The Morgan fingerprint density at radius 2 is 1.90 bits per heavy atom. The Morgan fingerprint density at radius 3 is 2.57 bits per heavy atom. The zero-order chi connectivity index (χ0) is 15.5. The molecule has 2 heterocycles. The molecule has 2 fully saturated rings. The standard InChI is InChI=1S/C13H24N2O5S/c16-9-6-12-5-1-2-8-15(12)21(19,20)14-7-3-4-11(10-14)13(17)18/h11-12,16H,1-10H2,(H,17,18). The third-order valence-electron chi connectivity index (χ3n) is 4.39. The SMILES string of the molecule is O=C(O)C1CCCN(S(=O)(=O)N2CCCCC2CCO)C1. The summed E-state index contributed by atoms with van der Waals surface area (Å²) < 4.78 is 28.3. The molecule has 0 aliphatic carbocycles. The highest BCUT2D eigenvalue weighted by Crippen LogP contribution is 2.27. The Kier molecular flexibility index (Phi) is 5.59. The molecule has 2 aliphatic heterocycles. The molecule has 2 atom stereocenters. The van der Waals surface area contributed by atoms with Crippen LogP contribution in [0.15, 0.2) is 0 Å². The Balaban J connectivity index is 2.13. The minimum absolute atomic E-state index is 0.0333. The fourth-order valence-corrected chi connectivity index (χ4v) is 5.19. The lowest BCUT2D eigenvalue weighted by atomic mass is 10.0. The molecule has 0 radical (unpaired) electrons. The van der Waals surface area contributed by atoms with Crippen LogP contribution < -0.4 is 0 Å². The van der Waals surface area contributed by atoms with Crippen molar-refractivity contribution >= 4 is 16.2 Å². The highest BCUT2D eigenvalue weighted by Gasteiger charge is 2.39. The average molecular weight is 320 g/mol. The van der Waals surface area contributed by atoms with E-state index in [1.807, 2.05) is 0 Å². The van der Waals surface area contributed by atoms with Gasteiger partial charge in [0.15, 0.2) is 0 Å². The second-order valence-corrected chi connectivity index (χ2v) is 7.70. The summed E-state index contributed by atoms with van der Waals surface area (Å²) in [4.78, 5) is 11.1. The number of piperidine rings is 2. The zero-order valence-electron chi connectivity index (χ0n) is 12.1. The van der Waals surface area contributed by atoms with Crippen LogP contribution in [0, 0.1) is 5.92 Å². The van der Waals surface area contributed by atoms with Crippen molar-refractivity contribution in [1.29, 1.82) is 0 Å². The molecule has 2 saturated heterocycles. The lowest BCUT2D eigenvalue weighted by Gasteiger charge is -2.39. The largest absolute Gasteiger partial charge is 0.481 e. The van der Waals surface area contributed by atoms with Gasteiger partial charge in [0.2, 0.25) is 0 Å². The van der Waals surface area contributed by atoms with Crippen molar-refractivity contribution in [2.75, 3.05) is 26.2 Å². The summed E-state index contributed by atoms with van der Waals surface area (Å²) >= 11 is 0. The molecule has 8 heteroatoms. The molecular weight excluding hydrogens is 296 g/mol. The first-order valence-corrected chi connectivity index (χ1v) is 8.97. The van der Waals surface area contributed by atoms with Crippen molar-refractivity contribution in [3.8, 4) is 0 Å². The first-order valence-electron chi connectivity index (χ1n) is 7.57. The number of nitrogens with zero attached hydrogens (tertiary/aromatic N) is 2. The van der Waals surface area contributed by atoms with Crippen molar-refractivity contribution in [2.45, 2.75) is 44.6 Å². The summed E-state index contributed by atoms with van der Waals surface area (Å²) in [5.41, 5.74) is 0. The Bertz CT molecular complexity index is 465. The van der Waals surface area contributed by atoms with Gasteiger partial charge in [-0.3, -0.25) is 4.79 Å². The van der Waals surface area contributed by atoms with E-state index in [1.54, 1.807) is 0 Å². The zero-order valence-corrected chi connectivity index (χ0v) is 13.0. The Morgan fingerprint density at radius 1 is 1.14 bits per heavy atom. The van der Waals surface area contributed by atoms with Crippen molar-refractivity contribution < 1.29 is 23.4 Å². The quantitative estimate of drug-likeness (QED) is 0.757. The Hall–Kier alpha value is -0.700. The van der Waals surface area contributed by atoms with Crippen molar-refractivity contribution in [1.82, 2.24) is 8.61 Å². The van der Waals surface area contributed by atoms with E-state index in [2.05, 4.69) is 0 Å². The van der Waals surface area contributed by atoms with Crippen LogP contribution in [-0.4, -0.2) is 65.5 Å². The summed E-state index contributed by atoms with van der Waals surface area (Å²) in [5, 5.41) is 18.2. The third-order valence-corrected chi connectivity index (χ3v) is 6.45. The van der Waals surface area contributed by atoms with Gasteiger partial charge in [-0.2, -0.15) is 17.0 Å². The van der Waals surface area contributed by atoms with Crippen molar-refractivity contribution in [3.05, 3.63) is 0 Å². The highest BCUT2D eigenvalue weighted by atomic mass is 32.2. The molecule has 0 saturated carbocycles. The predicted octanol–water partition coefficient (Wildman–Crippen LogP) is 0.265. The van der Waals surface area contributed by atoms with Gasteiger partial charge in [0.05, 0.1) is 5.92 Å². The fraction of sp³-hybridized carbons (Fsp3) is 0.923. The first kappa shape index (κ1) is 16.7. The maximum absolute atomic E-state index is 12.8. The summed E-state index contributed by atoms with van der Waals surface area (Å²) in [6.07, 6.45) is 4.09. The van der Waals surface area contributed by atoms with Crippen LogP contribution in [0.1, 0.15) is 38.5 Å². The van der Waals surface area contributed by atoms with Gasteiger partial charge >= 0.3 is 5.97 Å². The first-order chi connectivity index (χ1) is 9.96.